The van der Waals surface area contributed by atoms with Crippen LogP contribution in [0.15, 0.2) is 18.2 Å². The molecule has 92 valence electrons. The lowest BCUT2D eigenvalue weighted by molar-refractivity contribution is 0.372. The number of piperidine rings is 1. The first kappa shape index (κ1) is 11.6. The van der Waals surface area contributed by atoms with E-state index in [4.69, 9.17) is 11.6 Å². The molecule has 1 saturated carbocycles. The van der Waals surface area contributed by atoms with Crippen LogP contribution in [0, 0.1) is 5.92 Å². The molecule has 0 aromatic heterocycles. The van der Waals surface area contributed by atoms with Gasteiger partial charge >= 0.3 is 0 Å². The first-order chi connectivity index (χ1) is 8.33. The molecule has 2 aliphatic rings. The summed E-state index contributed by atoms with van der Waals surface area (Å²) in [5, 5.41) is 4.42. The van der Waals surface area contributed by atoms with Crippen molar-refractivity contribution in [1.29, 1.82) is 0 Å². The lowest BCUT2D eigenvalue weighted by Gasteiger charge is -2.22. The molecule has 0 spiro atoms. The van der Waals surface area contributed by atoms with Gasteiger partial charge in [-0.1, -0.05) is 23.7 Å². The Morgan fingerprint density at radius 3 is 2.53 bits per heavy atom. The second kappa shape index (κ2) is 4.99. The molecule has 1 aliphatic heterocycles. The van der Waals surface area contributed by atoms with E-state index in [0.717, 1.165) is 16.9 Å². The molecule has 1 nitrogen and oxygen atoms in total. The topological polar surface area (TPSA) is 12.0 Å². The second-order valence-electron chi connectivity index (χ2n) is 5.53. The predicted molar refractivity (Wildman–Crippen MR) is 72.7 cm³/mol. The number of hydrogen-bond donors (Lipinski definition) is 1. The molecular weight excluding hydrogens is 230 g/mol. The molecule has 1 aromatic rings. The zero-order valence-electron chi connectivity index (χ0n) is 10.2. The van der Waals surface area contributed by atoms with Gasteiger partial charge in [0.2, 0.25) is 0 Å². The molecule has 0 atom stereocenters. The monoisotopic (exact) mass is 249 g/mol. The van der Waals surface area contributed by atoms with Gasteiger partial charge in [-0.25, -0.2) is 0 Å². The van der Waals surface area contributed by atoms with Crippen LogP contribution < -0.4 is 5.32 Å². The molecule has 1 saturated heterocycles. The van der Waals surface area contributed by atoms with E-state index in [9.17, 15) is 0 Å². The summed E-state index contributed by atoms with van der Waals surface area (Å²) in [6, 6.07) is 6.76. The third-order valence-corrected chi connectivity index (χ3v) is 4.39. The van der Waals surface area contributed by atoms with Crippen LogP contribution in [0.4, 0.5) is 0 Å². The van der Waals surface area contributed by atoms with E-state index in [0.29, 0.717) is 0 Å². The van der Waals surface area contributed by atoms with E-state index < -0.39 is 0 Å². The molecular formula is C15H20ClN. The Bertz CT molecular complexity index is 392. The fourth-order valence-corrected chi connectivity index (χ4v) is 3.20. The normalized spacial score (nSPS) is 21.7. The molecule has 1 aliphatic carbocycles. The van der Waals surface area contributed by atoms with Crippen LogP contribution in [0.5, 0.6) is 0 Å². The van der Waals surface area contributed by atoms with Crippen LogP contribution in [-0.4, -0.2) is 13.1 Å². The average molecular weight is 250 g/mol. The van der Waals surface area contributed by atoms with Gasteiger partial charge in [0.05, 0.1) is 0 Å². The van der Waals surface area contributed by atoms with Gasteiger partial charge in [0, 0.05) is 5.02 Å². The van der Waals surface area contributed by atoms with Crippen molar-refractivity contribution >= 4 is 11.6 Å². The van der Waals surface area contributed by atoms with Gasteiger partial charge in [0.15, 0.2) is 0 Å². The molecule has 2 fully saturated rings. The van der Waals surface area contributed by atoms with Crippen LogP contribution >= 0.6 is 11.6 Å². The molecule has 1 N–H and O–H groups in total. The molecule has 0 bridgehead atoms. The van der Waals surface area contributed by atoms with Crippen molar-refractivity contribution in [2.75, 3.05) is 13.1 Å². The first-order valence-electron chi connectivity index (χ1n) is 6.82. The van der Waals surface area contributed by atoms with Gasteiger partial charge in [-0.3, -0.25) is 0 Å². The summed E-state index contributed by atoms with van der Waals surface area (Å²) >= 11 is 6.37. The summed E-state index contributed by atoms with van der Waals surface area (Å²) in [6.07, 6.45) is 6.47. The largest absolute Gasteiger partial charge is 0.317 e. The number of benzene rings is 1. The summed E-state index contributed by atoms with van der Waals surface area (Å²) in [4.78, 5) is 0. The van der Waals surface area contributed by atoms with Crippen LogP contribution in [0.2, 0.25) is 5.02 Å². The van der Waals surface area contributed by atoms with E-state index in [1.54, 1.807) is 0 Å². The highest BCUT2D eigenvalue weighted by Crippen LogP contribution is 2.43. The van der Waals surface area contributed by atoms with Crippen molar-refractivity contribution in [2.45, 2.75) is 38.0 Å². The predicted octanol–water partition coefficient (Wildman–Crippen LogP) is 3.76. The Morgan fingerprint density at radius 1 is 1.12 bits per heavy atom. The quantitative estimate of drug-likeness (QED) is 0.860. The van der Waals surface area contributed by atoms with E-state index in [1.807, 2.05) is 0 Å². The van der Waals surface area contributed by atoms with Crippen molar-refractivity contribution in [1.82, 2.24) is 5.32 Å². The van der Waals surface area contributed by atoms with Crippen LogP contribution in [0.3, 0.4) is 0 Å². The highest BCUT2D eigenvalue weighted by atomic mass is 35.5. The molecule has 0 amide bonds. The fraction of sp³-hybridized carbons (Fsp3) is 0.600. The lowest BCUT2D eigenvalue weighted by Crippen LogP contribution is -2.28. The zero-order valence-corrected chi connectivity index (χ0v) is 11.0. The van der Waals surface area contributed by atoms with Gasteiger partial charge in [-0.05, 0) is 74.2 Å². The second-order valence-corrected chi connectivity index (χ2v) is 5.93. The van der Waals surface area contributed by atoms with Crippen molar-refractivity contribution in [3.8, 4) is 0 Å². The van der Waals surface area contributed by atoms with E-state index in [-0.39, 0.29) is 0 Å². The minimum atomic E-state index is 0.760. The molecule has 17 heavy (non-hydrogen) atoms. The van der Waals surface area contributed by atoms with E-state index in [2.05, 4.69) is 23.5 Å². The fourth-order valence-electron chi connectivity index (χ4n) is 2.84. The van der Waals surface area contributed by atoms with Crippen LogP contribution in [0.1, 0.15) is 42.7 Å². The smallest absolute Gasteiger partial charge is 0.0443 e. The van der Waals surface area contributed by atoms with E-state index >= 15 is 0 Å². The Hall–Kier alpha value is -0.530. The van der Waals surface area contributed by atoms with Crippen LogP contribution in [-0.2, 0) is 6.42 Å². The van der Waals surface area contributed by atoms with Crippen molar-refractivity contribution in [3.05, 3.63) is 34.3 Å². The molecule has 0 unspecified atom stereocenters. The summed E-state index contributed by atoms with van der Waals surface area (Å²) in [5.74, 6) is 1.61. The maximum absolute atomic E-state index is 6.37. The Labute approximate surface area is 109 Å². The van der Waals surface area contributed by atoms with Gasteiger partial charge < -0.3 is 5.32 Å². The van der Waals surface area contributed by atoms with Gasteiger partial charge in [-0.15, -0.1) is 0 Å². The highest BCUT2D eigenvalue weighted by Gasteiger charge is 2.25. The Morgan fingerprint density at radius 2 is 1.88 bits per heavy atom. The minimum absolute atomic E-state index is 0.760. The van der Waals surface area contributed by atoms with Crippen molar-refractivity contribution < 1.29 is 0 Å². The number of nitrogens with one attached hydrogen (secondary N) is 1. The van der Waals surface area contributed by atoms with Crippen LogP contribution in [0.25, 0.3) is 0 Å². The average Bonchev–Trinajstić information content (AvgIpc) is 3.15. The molecule has 3 rings (SSSR count). The van der Waals surface area contributed by atoms with Crippen molar-refractivity contribution in [3.63, 3.8) is 0 Å². The first-order valence-corrected chi connectivity index (χ1v) is 7.20. The maximum atomic E-state index is 6.37. The van der Waals surface area contributed by atoms with Gasteiger partial charge in [0.1, 0.15) is 0 Å². The maximum Gasteiger partial charge on any atom is 0.0443 e. The summed E-state index contributed by atoms with van der Waals surface area (Å²) in [7, 11) is 0. The summed E-state index contributed by atoms with van der Waals surface area (Å²) < 4.78 is 0. The van der Waals surface area contributed by atoms with Gasteiger partial charge in [-0.2, -0.15) is 0 Å². The number of hydrogen-bond acceptors (Lipinski definition) is 1. The minimum Gasteiger partial charge on any atom is -0.317 e. The summed E-state index contributed by atoms with van der Waals surface area (Å²) in [6.45, 7) is 2.36. The zero-order chi connectivity index (χ0) is 11.7. The number of halogens is 1. The molecule has 1 heterocycles. The standard InChI is InChI=1S/C15H20ClN/c16-15-10-12(1-4-14(15)13-2-3-13)9-11-5-7-17-8-6-11/h1,4,10-11,13,17H,2-3,5-9H2. The van der Waals surface area contributed by atoms with Gasteiger partial charge in [0.25, 0.3) is 0 Å². The van der Waals surface area contributed by atoms with Crippen molar-refractivity contribution in [2.24, 2.45) is 5.92 Å². The third kappa shape index (κ3) is 2.83. The third-order valence-electron chi connectivity index (χ3n) is 4.07. The molecule has 1 aromatic carbocycles. The van der Waals surface area contributed by atoms with E-state index in [1.165, 1.54) is 56.3 Å². The molecule has 2 heteroatoms. The summed E-state index contributed by atoms with van der Waals surface area (Å²) in [5.41, 5.74) is 2.80. The molecule has 0 radical (unpaired) electrons. The Balaban J connectivity index is 1.68. The Kier molecular flexibility index (Phi) is 3.39. The number of rotatable bonds is 3. The lowest BCUT2D eigenvalue weighted by atomic mass is 9.90. The highest BCUT2D eigenvalue weighted by molar-refractivity contribution is 6.31. The SMILES string of the molecule is Clc1cc(CC2CCNCC2)ccc1C1CC1.